The average Bonchev–Trinajstić information content (AvgIpc) is 2.98. The Balaban J connectivity index is 0.000001000. The van der Waals surface area contributed by atoms with Gasteiger partial charge in [0.2, 0.25) is 0 Å². The summed E-state index contributed by atoms with van der Waals surface area (Å²) in [4.78, 5) is 7.34. The molecule has 0 bridgehead atoms. The molecule has 2 aliphatic rings. The first kappa shape index (κ1) is 17.8. The number of rotatable bonds is 6. The zero-order valence-electron chi connectivity index (χ0n) is 12.0. The van der Waals surface area contributed by atoms with E-state index in [4.69, 9.17) is 0 Å². The molecule has 0 aliphatic heterocycles. The largest absolute Gasteiger partial charge is 0.348 e. The van der Waals surface area contributed by atoms with Crippen molar-refractivity contribution in [2.75, 3.05) is 13.1 Å². The maximum Gasteiger partial charge on any atom is 0.0921 e. The number of imidazole rings is 1. The van der Waals surface area contributed by atoms with E-state index in [-0.39, 0.29) is 24.8 Å². The fraction of sp³-hybridized carbons (Fsp3) is 0.800. The molecule has 2 fully saturated rings. The van der Waals surface area contributed by atoms with Crippen molar-refractivity contribution in [2.24, 2.45) is 11.8 Å². The molecular formula is C15H27Cl2N3. The highest BCUT2D eigenvalue weighted by atomic mass is 35.5. The molecule has 5 heteroatoms. The second-order valence-corrected chi connectivity index (χ2v) is 6.11. The number of nitrogens with zero attached hydrogens (tertiary/aromatic N) is 1. The summed E-state index contributed by atoms with van der Waals surface area (Å²) in [5.74, 6) is 2.62. The molecule has 2 atom stereocenters. The van der Waals surface area contributed by atoms with Gasteiger partial charge in [-0.15, -0.1) is 24.8 Å². The minimum absolute atomic E-state index is 0. The van der Waals surface area contributed by atoms with Gasteiger partial charge < -0.3 is 10.3 Å². The van der Waals surface area contributed by atoms with Gasteiger partial charge in [-0.1, -0.05) is 19.3 Å². The number of nitrogens with one attached hydrogen (secondary N) is 2. The van der Waals surface area contributed by atoms with Crippen molar-refractivity contribution < 1.29 is 0 Å². The van der Waals surface area contributed by atoms with E-state index in [1.165, 1.54) is 63.7 Å². The van der Waals surface area contributed by atoms with Crippen LogP contribution in [0, 0.1) is 11.8 Å². The summed E-state index contributed by atoms with van der Waals surface area (Å²) in [6.07, 6.45) is 13.7. The number of aromatic nitrogens is 2. The first-order valence-electron chi connectivity index (χ1n) is 7.62. The highest BCUT2D eigenvalue weighted by Crippen LogP contribution is 2.48. The predicted molar refractivity (Wildman–Crippen MR) is 88.0 cm³/mol. The highest BCUT2D eigenvalue weighted by Gasteiger charge is 2.38. The van der Waals surface area contributed by atoms with Crippen molar-refractivity contribution in [3.05, 3.63) is 18.2 Å². The molecule has 2 aliphatic carbocycles. The van der Waals surface area contributed by atoms with Gasteiger partial charge >= 0.3 is 0 Å². The lowest BCUT2D eigenvalue weighted by atomic mass is 9.89. The zero-order chi connectivity index (χ0) is 12.2. The lowest BCUT2D eigenvalue weighted by Crippen LogP contribution is -2.25. The molecule has 1 aromatic heterocycles. The topological polar surface area (TPSA) is 40.7 Å². The summed E-state index contributed by atoms with van der Waals surface area (Å²) in [5, 5.41) is 3.67. The third-order valence-corrected chi connectivity index (χ3v) is 4.69. The Bertz CT molecular complexity index is 350. The lowest BCUT2D eigenvalue weighted by molar-refractivity contribution is 0.341. The molecule has 3 rings (SSSR count). The number of hydrogen-bond donors (Lipinski definition) is 2. The molecule has 0 radical (unpaired) electrons. The van der Waals surface area contributed by atoms with Crippen LogP contribution in [0.4, 0.5) is 0 Å². The maximum absolute atomic E-state index is 4.10. The molecule has 1 heterocycles. The minimum atomic E-state index is 0. The van der Waals surface area contributed by atoms with E-state index in [9.17, 15) is 0 Å². The van der Waals surface area contributed by atoms with Crippen LogP contribution in [0.5, 0.6) is 0 Å². The van der Waals surface area contributed by atoms with Gasteiger partial charge in [-0.2, -0.15) is 0 Å². The fourth-order valence-corrected chi connectivity index (χ4v) is 3.40. The quantitative estimate of drug-likeness (QED) is 0.780. The molecule has 0 amide bonds. The summed E-state index contributed by atoms with van der Waals surface area (Å²) >= 11 is 0. The van der Waals surface area contributed by atoms with Crippen molar-refractivity contribution in [3.63, 3.8) is 0 Å². The SMILES string of the molecule is Cl.Cl.c1ncc([C@H]2C[C@@H]2CCNCC2CCCCC2)[nH]1. The summed E-state index contributed by atoms with van der Waals surface area (Å²) < 4.78 is 0. The Morgan fingerprint density at radius 1 is 1.20 bits per heavy atom. The van der Waals surface area contributed by atoms with Crippen LogP contribution >= 0.6 is 24.8 Å². The van der Waals surface area contributed by atoms with Gasteiger partial charge in [0, 0.05) is 17.8 Å². The van der Waals surface area contributed by atoms with Gasteiger partial charge in [0.25, 0.3) is 0 Å². The Morgan fingerprint density at radius 2 is 2.00 bits per heavy atom. The Labute approximate surface area is 134 Å². The molecule has 0 spiro atoms. The van der Waals surface area contributed by atoms with Gasteiger partial charge in [-0.05, 0) is 50.6 Å². The summed E-state index contributed by atoms with van der Waals surface area (Å²) in [5.41, 5.74) is 1.34. The van der Waals surface area contributed by atoms with E-state index >= 15 is 0 Å². The Morgan fingerprint density at radius 3 is 2.70 bits per heavy atom. The smallest absolute Gasteiger partial charge is 0.0921 e. The zero-order valence-corrected chi connectivity index (χ0v) is 13.6. The van der Waals surface area contributed by atoms with Crippen LogP contribution < -0.4 is 5.32 Å². The van der Waals surface area contributed by atoms with Crippen LogP contribution in [0.3, 0.4) is 0 Å². The molecular weight excluding hydrogens is 293 g/mol. The fourth-order valence-electron chi connectivity index (χ4n) is 3.40. The Kier molecular flexibility index (Phi) is 7.93. The van der Waals surface area contributed by atoms with Gasteiger partial charge in [0.1, 0.15) is 0 Å². The molecule has 0 unspecified atom stereocenters. The maximum atomic E-state index is 4.10. The summed E-state index contributed by atoms with van der Waals surface area (Å²) in [6, 6.07) is 0. The lowest BCUT2D eigenvalue weighted by Gasteiger charge is -2.21. The second kappa shape index (κ2) is 8.91. The molecule has 0 saturated heterocycles. The molecule has 3 nitrogen and oxygen atoms in total. The van der Waals surface area contributed by atoms with Crippen molar-refractivity contribution in [2.45, 2.75) is 50.9 Å². The van der Waals surface area contributed by atoms with E-state index < -0.39 is 0 Å². The van der Waals surface area contributed by atoms with Crippen LogP contribution in [0.2, 0.25) is 0 Å². The Hall–Kier alpha value is -0.250. The van der Waals surface area contributed by atoms with E-state index in [1.54, 1.807) is 6.33 Å². The number of H-pyrrole nitrogens is 1. The summed E-state index contributed by atoms with van der Waals surface area (Å²) in [6.45, 7) is 2.45. The van der Waals surface area contributed by atoms with E-state index in [1.807, 2.05) is 6.20 Å². The van der Waals surface area contributed by atoms with Crippen molar-refractivity contribution in [1.82, 2.24) is 15.3 Å². The first-order chi connectivity index (χ1) is 8.93. The molecule has 116 valence electrons. The van der Waals surface area contributed by atoms with Crippen molar-refractivity contribution in [3.8, 4) is 0 Å². The monoisotopic (exact) mass is 319 g/mol. The van der Waals surface area contributed by atoms with Crippen LogP contribution in [-0.4, -0.2) is 23.1 Å². The molecule has 1 aromatic rings. The van der Waals surface area contributed by atoms with E-state index in [0.717, 1.165) is 17.8 Å². The number of aromatic amines is 1. The van der Waals surface area contributed by atoms with Gasteiger partial charge in [0.05, 0.1) is 6.33 Å². The molecule has 2 N–H and O–H groups in total. The van der Waals surface area contributed by atoms with Crippen LogP contribution in [-0.2, 0) is 0 Å². The van der Waals surface area contributed by atoms with Crippen LogP contribution in [0.25, 0.3) is 0 Å². The minimum Gasteiger partial charge on any atom is -0.348 e. The van der Waals surface area contributed by atoms with Gasteiger partial charge in [0.15, 0.2) is 0 Å². The number of halogens is 2. The van der Waals surface area contributed by atoms with E-state index in [2.05, 4.69) is 15.3 Å². The second-order valence-electron chi connectivity index (χ2n) is 6.11. The summed E-state index contributed by atoms with van der Waals surface area (Å²) in [7, 11) is 0. The first-order valence-corrected chi connectivity index (χ1v) is 7.62. The third kappa shape index (κ3) is 4.94. The predicted octanol–water partition coefficient (Wildman–Crippen LogP) is 3.92. The van der Waals surface area contributed by atoms with E-state index in [0.29, 0.717) is 0 Å². The van der Waals surface area contributed by atoms with Crippen LogP contribution in [0.1, 0.15) is 56.6 Å². The molecule has 0 aromatic carbocycles. The standard InChI is InChI=1S/C15H25N3.2ClH/c1-2-4-12(5-3-1)9-16-7-6-13-8-14(13)15-10-17-11-18-15;;/h10-14,16H,1-9H2,(H,17,18);2*1H/t13-,14-;;/m0../s1. The average molecular weight is 320 g/mol. The highest BCUT2D eigenvalue weighted by molar-refractivity contribution is 5.85. The third-order valence-electron chi connectivity index (χ3n) is 4.69. The normalized spacial score (nSPS) is 25.6. The van der Waals surface area contributed by atoms with Crippen molar-refractivity contribution in [1.29, 1.82) is 0 Å². The van der Waals surface area contributed by atoms with Gasteiger partial charge in [-0.25, -0.2) is 4.98 Å². The molecule has 2 saturated carbocycles. The van der Waals surface area contributed by atoms with Gasteiger partial charge in [-0.3, -0.25) is 0 Å². The number of hydrogen-bond acceptors (Lipinski definition) is 2. The van der Waals surface area contributed by atoms with Crippen LogP contribution in [0.15, 0.2) is 12.5 Å². The molecule has 20 heavy (non-hydrogen) atoms. The van der Waals surface area contributed by atoms with Crippen molar-refractivity contribution >= 4 is 24.8 Å².